The molecule has 8 nitrogen and oxygen atoms in total. The molecule has 0 atom stereocenters. The van der Waals surface area contributed by atoms with Crippen molar-refractivity contribution in [2.45, 2.75) is 19.8 Å². The molecule has 4 rings (SSSR count). The largest absolute Gasteiger partial charge is 0.495 e. The lowest BCUT2D eigenvalue weighted by Crippen LogP contribution is -2.04. The normalized spacial score (nSPS) is 11.8. The third kappa shape index (κ3) is 7.70. The average Bonchev–Trinajstić information content (AvgIpc) is 3.69. The van der Waals surface area contributed by atoms with Crippen molar-refractivity contribution >= 4 is 17.4 Å². The Morgan fingerprint density at radius 2 is 1.88 bits per heavy atom. The molecule has 1 aromatic carbocycles. The number of hydrogen-bond donors (Lipinski definition) is 2. The van der Waals surface area contributed by atoms with Gasteiger partial charge in [0, 0.05) is 24.3 Å². The second-order valence-corrected chi connectivity index (χ2v) is 6.82. The molecule has 3 aromatic rings. The van der Waals surface area contributed by atoms with Gasteiger partial charge in [0.05, 0.1) is 25.5 Å². The van der Waals surface area contributed by atoms with Crippen LogP contribution in [0.2, 0.25) is 0 Å². The van der Waals surface area contributed by atoms with Crippen LogP contribution in [-0.2, 0) is 0 Å². The number of nitrogens with zero attached hydrogens (tertiary/aromatic N) is 4. The maximum atomic E-state index is 7.54. The summed E-state index contributed by atoms with van der Waals surface area (Å²) < 4.78 is 10.7. The third-order valence-corrected chi connectivity index (χ3v) is 4.48. The Hall–Kier alpha value is -3.39. The zero-order chi connectivity index (χ0) is 23.3. The maximum absolute atomic E-state index is 7.54. The summed E-state index contributed by atoms with van der Waals surface area (Å²) in [5, 5.41) is 10.7. The monoisotopic (exact) mass is 454 g/mol. The van der Waals surface area contributed by atoms with E-state index in [1.807, 2.05) is 31.2 Å². The summed E-state index contributed by atoms with van der Waals surface area (Å²) in [6.07, 6.45) is 9.07. The Kier molecular flexibility index (Phi) is 10.2. The van der Waals surface area contributed by atoms with Gasteiger partial charge in [0.1, 0.15) is 11.6 Å². The first kappa shape index (κ1) is 24.9. The highest BCUT2D eigenvalue weighted by Gasteiger charge is 2.23. The van der Waals surface area contributed by atoms with E-state index in [4.69, 9.17) is 20.4 Å². The van der Waals surface area contributed by atoms with E-state index in [-0.39, 0.29) is 5.84 Å². The van der Waals surface area contributed by atoms with Gasteiger partial charge in [-0.25, -0.2) is 10.5 Å². The quantitative estimate of drug-likeness (QED) is 0.219. The first-order valence-corrected chi connectivity index (χ1v) is 10.7. The van der Waals surface area contributed by atoms with E-state index >= 15 is 0 Å². The molecule has 1 saturated carbocycles. The molecule has 2 aromatic heterocycles. The fourth-order valence-electron chi connectivity index (χ4n) is 2.58. The standard InChI is InChI=1S/C16H17N5O.C6H7NO.CH3Cl/c1-10-19-8-14(16(20-10)22-9-11-2-3-11)12-4-6-13(7-5-12)15(17)21-18;1-8-6-3-2-4-7-5-6;1-2/h4-8,11,17-18H,2-3,9H2,1H3;2-5H,1H3;1H3. The van der Waals surface area contributed by atoms with Crippen molar-refractivity contribution in [3.8, 4) is 22.8 Å². The van der Waals surface area contributed by atoms with Crippen LogP contribution in [0.1, 0.15) is 24.2 Å². The van der Waals surface area contributed by atoms with Crippen molar-refractivity contribution in [2.75, 3.05) is 20.1 Å². The van der Waals surface area contributed by atoms with E-state index in [0.29, 0.717) is 29.8 Å². The van der Waals surface area contributed by atoms with E-state index in [1.165, 1.54) is 19.2 Å². The minimum Gasteiger partial charge on any atom is -0.495 e. The lowest BCUT2D eigenvalue weighted by Gasteiger charge is -2.11. The van der Waals surface area contributed by atoms with Gasteiger partial charge in [-0.15, -0.1) is 16.7 Å². The van der Waals surface area contributed by atoms with Crippen LogP contribution < -0.4 is 9.47 Å². The summed E-state index contributed by atoms with van der Waals surface area (Å²) in [6, 6.07) is 11.0. The van der Waals surface area contributed by atoms with Gasteiger partial charge in [-0.3, -0.25) is 10.4 Å². The van der Waals surface area contributed by atoms with Crippen LogP contribution in [0.25, 0.3) is 11.1 Å². The highest BCUT2D eigenvalue weighted by Crippen LogP contribution is 2.32. The molecule has 0 spiro atoms. The van der Waals surface area contributed by atoms with Gasteiger partial charge in [-0.05, 0) is 43.4 Å². The Bertz CT molecular complexity index is 995. The lowest BCUT2D eigenvalue weighted by molar-refractivity contribution is 0.288. The zero-order valence-corrected chi connectivity index (χ0v) is 19.1. The first-order valence-electron chi connectivity index (χ1n) is 9.95. The number of aryl methyl sites for hydroxylation is 1. The predicted octanol–water partition coefficient (Wildman–Crippen LogP) is 5.54. The predicted molar refractivity (Wildman–Crippen MR) is 125 cm³/mol. The number of rotatable bonds is 6. The molecular weight excluding hydrogens is 428 g/mol. The smallest absolute Gasteiger partial charge is 0.224 e. The number of amidine groups is 1. The molecule has 168 valence electrons. The zero-order valence-electron chi connectivity index (χ0n) is 18.4. The molecule has 0 bridgehead atoms. The van der Waals surface area contributed by atoms with Crippen LogP contribution in [0.4, 0.5) is 0 Å². The van der Waals surface area contributed by atoms with Gasteiger partial charge in [-0.2, -0.15) is 4.98 Å². The number of alkyl halides is 1. The van der Waals surface area contributed by atoms with E-state index in [2.05, 4.69) is 31.7 Å². The van der Waals surface area contributed by atoms with Gasteiger partial charge < -0.3 is 9.47 Å². The number of benzene rings is 1. The van der Waals surface area contributed by atoms with Crippen LogP contribution in [0, 0.1) is 23.8 Å². The Balaban J connectivity index is 0.000000304. The Morgan fingerprint density at radius 3 is 2.41 bits per heavy atom. The minimum absolute atomic E-state index is 0.0584. The lowest BCUT2D eigenvalue weighted by atomic mass is 10.1. The average molecular weight is 455 g/mol. The van der Waals surface area contributed by atoms with Crippen molar-refractivity contribution in [1.82, 2.24) is 15.0 Å². The molecule has 1 aliphatic carbocycles. The Labute approximate surface area is 193 Å². The summed E-state index contributed by atoms with van der Waals surface area (Å²) in [4.78, 5) is 12.5. The summed E-state index contributed by atoms with van der Waals surface area (Å²) in [5.41, 5.74) is 9.25. The molecule has 2 heterocycles. The molecule has 0 aliphatic heterocycles. The SMILES string of the molecule is CCl.COc1cccnc1.Cc1ncc(-c2ccc(C(=N)N=N)cc2)c(OCC2CC2)n1. The molecule has 0 unspecified atom stereocenters. The van der Waals surface area contributed by atoms with E-state index in [1.54, 1.807) is 37.8 Å². The second kappa shape index (κ2) is 13.1. The van der Waals surface area contributed by atoms with Gasteiger partial charge in [-0.1, -0.05) is 24.3 Å². The number of aromatic nitrogens is 3. The van der Waals surface area contributed by atoms with Gasteiger partial charge in [0.2, 0.25) is 5.88 Å². The Morgan fingerprint density at radius 1 is 1.16 bits per heavy atom. The van der Waals surface area contributed by atoms with Crippen molar-refractivity contribution in [1.29, 1.82) is 10.9 Å². The van der Waals surface area contributed by atoms with Crippen molar-refractivity contribution in [2.24, 2.45) is 11.0 Å². The van der Waals surface area contributed by atoms with Gasteiger partial charge in [0.25, 0.3) is 0 Å². The molecule has 0 radical (unpaired) electrons. The number of pyridine rings is 1. The van der Waals surface area contributed by atoms with Crippen molar-refractivity contribution in [3.05, 3.63) is 66.4 Å². The number of ether oxygens (including phenoxy) is 2. The molecule has 0 saturated heterocycles. The topological polar surface area (TPSA) is 117 Å². The number of nitrogens with one attached hydrogen (secondary N) is 2. The number of hydrogen-bond acceptors (Lipinski definition) is 7. The van der Waals surface area contributed by atoms with E-state index in [0.717, 1.165) is 16.9 Å². The van der Waals surface area contributed by atoms with Crippen LogP contribution in [-0.4, -0.2) is 40.9 Å². The van der Waals surface area contributed by atoms with Crippen molar-refractivity contribution in [3.63, 3.8) is 0 Å². The molecule has 9 heteroatoms. The van der Waals surface area contributed by atoms with Gasteiger partial charge in [0.15, 0.2) is 5.84 Å². The summed E-state index contributed by atoms with van der Waals surface area (Å²) in [5.74, 6) is 2.68. The van der Waals surface area contributed by atoms with E-state index < -0.39 is 0 Å². The highest BCUT2D eigenvalue weighted by atomic mass is 35.5. The minimum atomic E-state index is -0.0584. The maximum Gasteiger partial charge on any atom is 0.224 e. The van der Waals surface area contributed by atoms with Crippen LogP contribution in [0.5, 0.6) is 11.6 Å². The molecule has 32 heavy (non-hydrogen) atoms. The number of halogens is 1. The van der Waals surface area contributed by atoms with Gasteiger partial charge >= 0.3 is 0 Å². The highest BCUT2D eigenvalue weighted by molar-refractivity contribution is 6.15. The molecule has 2 N–H and O–H groups in total. The third-order valence-electron chi connectivity index (χ3n) is 4.48. The fourth-order valence-corrected chi connectivity index (χ4v) is 2.58. The van der Waals surface area contributed by atoms with Crippen LogP contribution in [0.15, 0.2) is 60.1 Å². The summed E-state index contributed by atoms with van der Waals surface area (Å²) in [7, 11) is 1.62. The molecule has 1 aliphatic rings. The summed E-state index contributed by atoms with van der Waals surface area (Å²) in [6.45, 7) is 2.54. The molecule has 1 fully saturated rings. The molecule has 0 amide bonds. The second-order valence-electron chi connectivity index (χ2n) is 6.82. The van der Waals surface area contributed by atoms with Crippen molar-refractivity contribution < 1.29 is 9.47 Å². The fraction of sp³-hybridized carbons (Fsp3) is 0.304. The summed E-state index contributed by atoms with van der Waals surface area (Å²) >= 11 is 4.64. The van der Waals surface area contributed by atoms with Crippen LogP contribution >= 0.6 is 11.6 Å². The first-order chi connectivity index (χ1) is 15.6. The molecular formula is C23H27ClN6O2. The van der Waals surface area contributed by atoms with E-state index in [9.17, 15) is 0 Å². The number of methoxy groups -OCH3 is 1. The van der Waals surface area contributed by atoms with Crippen LogP contribution in [0.3, 0.4) is 0 Å².